The fourth-order valence-electron chi connectivity index (χ4n) is 0.259. The zero-order valence-corrected chi connectivity index (χ0v) is 8.16. The van der Waals surface area contributed by atoms with Crippen molar-refractivity contribution in [3.63, 3.8) is 0 Å². The van der Waals surface area contributed by atoms with Crippen molar-refractivity contribution in [1.29, 1.82) is 0 Å². The molecule has 0 aliphatic heterocycles. The van der Waals surface area contributed by atoms with E-state index in [1.807, 2.05) is 0 Å². The molecule has 4 heteroatoms. The first-order chi connectivity index (χ1) is 6.45. The van der Waals surface area contributed by atoms with Gasteiger partial charge in [0, 0.05) is 5.57 Å². The number of aliphatic carboxylic acids is 1. The Kier molecular flexibility index (Phi) is 9.69. The normalized spacial score (nSPS) is 7.50. The second-order valence-electron chi connectivity index (χ2n) is 2.23. The van der Waals surface area contributed by atoms with Gasteiger partial charge in [-0.05, 0) is 6.92 Å². The number of rotatable bonds is 4. The highest BCUT2D eigenvalue weighted by atomic mass is 16.5. The molecule has 0 saturated carbocycles. The summed E-state index contributed by atoms with van der Waals surface area (Å²) in [6, 6.07) is 0. The van der Waals surface area contributed by atoms with Crippen LogP contribution in [0.25, 0.3) is 0 Å². The van der Waals surface area contributed by atoms with E-state index >= 15 is 0 Å². The Hall–Kier alpha value is -1.84. The molecule has 0 aliphatic carbocycles. The zero-order valence-electron chi connectivity index (χ0n) is 8.16. The summed E-state index contributed by atoms with van der Waals surface area (Å²) in [6.07, 6.45) is 2.82. The van der Waals surface area contributed by atoms with Gasteiger partial charge in [-0.25, -0.2) is 4.79 Å². The third kappa shape index (κ3) is 12.8. The molecular weight excluding hydrogens is 184 g/mol. The second-order valence-corrected chi connectivity index (χ2v) is 2.23. The Morgan fingerprint density at radius 2 is 1.86 bits per heavy atom. The fourth-order valence-corrected chi connectivity index (χ4v) is 0.259. The van der Waals surface area contributed by atoms with Crippen molar-refractivity contribution < 1.29 is 19.4 Å². The maximum absolute atomic E-state index is 10.3. The fraction of sp³-hybridized carbons (Fsp3) is 0.200. The van der Waals surface area contributed by atoms with Crippen molar-refractivity contribution in [2.45, 2.75) is 13.3 Å². The van der Waals surface area contributed by atoms with E-state index in [9.17, 15) is 9.59 Å². The molecule has 0 aliphatic rings. The summed E-state index contributed by atoms with van der Waals surface area (Å²) < 4.78 is 4.34. The van der Waals surface area contributed by atoms with Crippen LogP contribution < -0.4 is 0 Å². The van der Waals surface area contributed by atoms with Gasteiger partial charge in [0.25, 0.3) is 0 Å². The van der Waals surface area contributed by atoms with Crippen LogP contribution in [0.3, 0.4) is 0 Å². The van der Waals surface area contributed by atoms with Crippen molar-refractivity contribution in [3.05, 3.63) is 37.6 Å². The number of esters is 1. The molecule has 14 heavy (non-hydrogen) atoms. The van der Waals surface area contributed by atoms with E-state index in [1.165, 1.54) is 13.0 Å². The maximum atomic E-state index is 10.3. The van der Waals surface area contributed by atoms with E-state index in [-0.39, 0.29) is 18.0 Å². The lowest BCUT2D eigenvalue weighted by Gasteiger charge is -1.89. The summed E-state index contributed by atoms with van der Waals surface area (Å²) in [5.74, 6) is -1.26. The molecule has 0 fully saturated rings. The highest BCUT2D eigenvalue weighted by Crippen LogP contribution is 1.84. The van der Waals surface area contributed by atoms with Crippen LogP contribution in [-0.4, -0.2) is 17.0 Å². The third-order valence-electron chi connectivity index (χ3n) is 0.891. The van der Waals surface area contributed by atoms with Gasteiger partial charge in [-0.2, -0.15) is 0 Å². The molecule has 0 amide bonds. The molecule has 0 aromatic heterocycles. The van der Waals surface area contributed by atoms with Crippen LogP contribution in [0.4, 0.5) is 0 Å². The van der Waals surface area contributed by atoms with Crippen molar-refractivity contribution in [2.75, 3.05) is 0 Å². The van der Waals surface area contributed by atoms with Gasteiger partial charge in [0.2, 0.25) is 0 Å². The van der Waals surface area contributed by atoms with Crippen LogP contribution in [-0.2, 0) is 14.3 Å². The average molecular weight is 198 g/mol. The number of carboxylic acid groups (broad SMARTS) is 1. The molecule has 0 unspecified atom stereocenters. The minimum atomic E-state index is -0.935. The van der Waals surface area contributed by atoms with Crippen LogP contribution in [0, 0.1) is 0 Å². The highest BCUT2D eigenvalue weighted by molar-refractivity contribution is 5.84. The monoisotopic (exact) mass is 198 g/mol. The Balaban J connectivity index is 0. The topological polar surface area (TPSA) is 63.6 Å². The smallest absolute Gasteiger partial charge is 0.330 e. The molecule has 0 radical (unpaired) electrons. The van der Waals surface area contributed by atoms with Gasteiger partial charge >= 0.3 is 11.9 Å². The Labute approximate surface area is 83.2 Å². The summed E-state index contributed by atoms with van der Waals surface area (Å²) in [7, 11) is 0. The molecule has 0 heterocycles. The summed E-state index contributed by atoms with van der Waals surface area (Å²) in [6.45, 7) is 11.2. The van der Waals surface area contributed by atoms with Gasteiger partial charge in [0.15, 0.2) is 0 Å². The lowest BCUT2D eigenvalue weighted by Crippen LogP contribution is -1.95. The maximum Gasteiger partial charge on any atom is 0.330 e. The van der Waals surface area contributed by atoms with E-state index < -0.39 is 5.97 Å². The number of carboxylic acids is 1. The standard InChI is InChI=1S/C6H8O2.C4H6O2/c1-3-5-6(7)8-4-2;1-3(2)4(5)6/h3-4H,1-2,5H2;1H2,2H3,(H,5,6). The van der Waals surface area contributed by atoms with Crippen LogP contribution in [0.15, 0.2) is 37.6 Å². The predicted molar refractivity (Wildman–Crippen MR) is 53.6 cm³/mol. The summed E-state index contributed by atoms with van der Waals surface area (Å²) in [5.41, 5.74) is 0.176. The third-order valence-corrected chi connectivity index (χ3v) is 0.891. The van der Waals surface area contributed by atoms with Crippen molar-refractivity contribution in [1.82, 2.24) is 0 Å². The molecule has 0 aromatic carbocycles. The van der Waals surface area contributed by atoms with Crippen LogP contribution in [0.5, 0.6) is 0 Å². The Bertz CT molecular complexity index is 217. The minimum absolute atomic E-state index is 0.176. The summed E-state index contributed by atoms with van der Waals surface area (Å²) in [5, 5.41) is 7.89. The van der Waals surface area contributed by atoms with Crippen LogP contribution in [0.1, 0.15) is 13.3 Å². The quantitative estimate of drug-likeness (QED) is 0.324. The number of hydrogen-bond acceptors (Lipinski definition) is 3. The summed E-state index contributed by atoms with van der Waals surface area (Å²) >= 11 is 0. The van der Waals surface area contributed by atoms with Gasteiger partial charge in [0.1, 0.15) is 0 Å². The first kappa shape index (κ1) is 14.7. The van der Waals surface area contributed by atoms with Gasteiger partial charge in [-0.1, -0.05) is 19.2 Å². The van der Waals surface area contributed by atoms with Gasteiger partial charge in [0.05, 0.1) is 12.7 Å². The largest absolute Gasteiger partial charge is 0.478 e. The van der Waals surface area contributed by atoms with E-state index in [1.54, 1.807) is 0 Å². The molecule has 4 nitrogen and oxygen atoms in total. The van der Waals surface area contributed by atoms with Gasteiger partial charge in [-0.15, -0.1) is 6.58 Å². The molecule has 0 saturated heterocycles. The molecule has 0 spiro atoms. The average Bonchev–Trinajstić information content (AvgIpc) is 2.06. The van der Waals surface area contributed by atoms with Gasteiger partial charge < -0.3 is 9.84 Å². The van der Waals surface area contributed by atoms with Gasteiger partial charge in [-0.3, -0.25) is 4.79 Å². The van der Waals surface area contributed by atoms with Crippen molar-refractivity contribution in [3.8, 4) is 0 Å². The number of hydrogen-bond donors (Lipinski definition) is 1. The summed E-state index contributed by atoms with van der Waals surface area (Å²) in [4.78, 5) is 19.9. The van der Waals surface area contributed by atoms with Crippen LogP contribution in [0.2, 0.25) is 0 Å². The molecule has 0 bridgehead atoms. The highest BCUT2D eigenvalue weighted by Gasteiger charge is 1.92. The Morgan fingerprint density at radius 3 is 2.07 bits per heavy atom. The Morgan fingerprint density at radius 1 is 1.43 bits per heavy atom. The van der Waals surface area contributed by atoms with Crippen molar-refractivity contribution in [2.24, 2.45) is 0 Å². The zero-order chi connectivity index (χ0) is 11.6. The van der Waals surface area contributed by atoms with E-state index in [0.29, 0.717) is 0 Å². The SMILES string of the molecule is C=C(C)C(=O)O.C=CCC(=O)OC=C. The molecular formula is C10H14O4. The second kappa shape index (κ2) is 9.25. The molecule has 1 N–H and O–H groups in total. The molecule has 0 rings (SSSR count). The van der Waals surface area contributed by atoms with E-state index in [2.05, 4.69) is 24.5 Å². The first-order valence-electron chi connectivity index (χ1n) is 3.75. The molecule has 0 atom stereocenters. The number of carbonyl (C=O) groups is 2. The molecule has 0 aromatic rings. The minimum Gasteiger partial charge on any atom is -0.478 e. The first-order valence-corrected chi connectivity index (χ1v) is 3.75. The number of carbonyl (C=O) groups excluding carboxylic acids is 1. The lowest BCUT2D eigenvalue weighted by atomic mass is 10.4. The van der Waals surface area contributed by atoms with Crippen LogP contribution >= 0.6 is 0 Å². The lowest BCUT2D eigenvalue weighted by molar-refractivity contribution is -0.137. The van der Waals surface area contributed by atoms with Crippen molar-refractivity contribution >= 4 is 11.9 Å². The number of ether oxygens (including phenoxy) is 1. The predicted octanol–water partition coefficient (Wildman–Crippen LogP) is 1.90. The van der Waals surface area contributed by atoms with E-state index in [0.717, 1.165) is 6.26 Å². The molecule has 78 valence electrons. The van der Waals surface area contributed by atoms with E-state index in [4.69, 9.17) is 5.11 Å².